The number of nitrogens with zero attached hydrogens (tertiary/aromatic N) is 2. The van der Waals surface area contributed by atoms with Crippen LogP contribution in [0.5, 0.6) is 0 Å². The Labute approximate surface area is 152 Å². The van der Waals surface area contributed by atoms with Crippen LogP contribution in [0.1, 0.15) is 18.9 Å². The average molecular weight is 355 g/mol. The maximum Gasteiger partial charge on any atom is 0.241 e. The Morgan fingerprint density at radius 3 is 2.69 bits per heavy atom. The summed E-state index contributed by atoms with van der Waals surface area (Å²) in [7, 11) is 1.78. The van der Waals surface area contributed by atoms with Crippen LogP contribution >= 0.6 is 0 Å². The molecule has 2 amide bonds. The molecule has 5 nitrogen and oxygen atoms in total. The number of rotatable bonds is 4. The zero-order valence-electron chi connectivity index (χ0n) is 14.9. The SMILES string of the molecule is C[C@H]1CC(=O)Nc2ccccc2N1C(=O)CN(C)Cc1ccccc1F. The second-order valence-corrected chi connectivity index (χ2v) is 6.65. The molecule has 0 radical (unpaired) electrons. The highest BCUT2D eigenvalue weighted by atomic mass is 19.1. The molecule has 6 heteroatoms. The maximum absolute atomic E-state index is 13.8. The third-order valence-electron chi connectivity index (χ3n) is 4.43. The maximum atomic E-state index is 13.8. The molecule has 0 bridgehead atoms. The van der Waals surface area contributed by atoms with Gasteiger partial charge in [0.15, 0.2) is 0 Å². The number of para-hydroxylation sites is 2. The summed E-state index contributed by atoms with van der Waals surface area (Å²) >= 11 is 0. The van der Waals surface area contributed by atoms with Crippen LogP contribution in [0.15, 0.2) is 48.5 Å². The monoisotopic (exact) mass is 355 g/mol. The number of benzene rings is 2. The molecule has 0 aliphatic carbocycles. The number of anilines is 2. The zero-order valence-corrected chi connectivity index (χ0v) is 14.9. The molecule has 136 valence electrons. The first-order chi connectivity index (χ1) is 12.5. The summed E-state index contributed by atoms with van der Waals surface area (Å²) in [5, 5.41) is 2.84. The molecule has 1 aliphatic heterocycles. The molecule has 0 spiro atoms. The van der Waals surface area contributed by atoms with E-state index < -0.39 is 0 Å². The molecular weight excluding hydrogens is 333 g/mol. The third-order valence-corrected chi connectivity index (χ3v) is 4.43. The molecule has 2 aromatic carbocycles. The summed E-state index contributed by atoms with van der Waals surface area (Å²) in [6.07, 6.45) is 0.234. The minimum absolute atomic E-state index is 0.111. The molecule has 1 heterocycles. The van der Waals surface area contributed by atoms with Gasteiger partial charge in [-0.1, -0.05) is 30.3 Å². The van der Waals surface area contributed by atoms with E-state index in [0.717, 1.165) is 0 Å². The fourth-order valence-electron chi connectivity index (χ4n) is 3.25. The van der Waals surface area contributed by atoms with Crippen LogP contribution in [0, 0.1) is 5.82 Å². The van der Waals surface area contributed by atoms with Gasteiger partial charge in [-0.3, -0.25) is 14.5 Å². The van der Waals surface area contributed by atoms with Crippen molar-refractivity contribution in [3.05, 3.63) is 59.9 Å². The number of amides is 2. The van der Waals surface area contributed by atoms with E-state index in [1.54, 1.807) is 41.1 Å². The summed E-state index contributed by atoms with van der Waals surface area (Å²) in [6, 6.07) is 13.6. The van der Waals surface area contributed by atoms with Crippen molar-refractivity contribution in [3.63, 3.8) is 0 Å². The Morgan fingerprint density at radius 2 is 1.92 bits per heavy atom. The van der Waals surface area contributed by atoms with Gasteiger partial charge in [0.1, 0.15) is 5.82 Å². The smallest absolute Gasteiger partial charge is 0.241 e. The number of fused-ring (bicyclic) bond motifs is 1. The second kappa shape index (κ2) is 7.66. The number of nitrogens with one attached hydrogen (secondary N) is 1. The normalized spacial score (nSPS) is 16.8. The Bertz CT molecular complexity index is 824. The lowest BCUT2D eigenvalue weighted by molar-refractivity contribution is -0.120. The van der Waals surface area contributed by atoms with Gasteiger partial charge in [0.25, 0.3) is 0 Å². The highest BCUT2D eigenvalue weighted by Gasteiger charge is 2.29. The van der Waals surface area contributed by atoms with Crippen LogP contribution in [-0.2, 0) is 16.1 Å². The first-order valence-electron chi connectivity index (χ1n) is 8.58. The van der Waals surface area contributed by atoms with E-state index >= 15 is 0 Å². The van der Waals surface area contributed by atoms with Crippen LogP contribution in [0.2, 0.25) is 0 Å². The third kappa shape index (κ3) is 3.91. The Hall–Kier alpha value is -2.73. The van der Waals surface area contributed by atoms with E-state index in [1.165, 1.54) is 6.07 Å². The van der Waals surface area contributed by atoms with E-state index in [9.17, 15) is 14.0 Å². The fourth-order valence-corrected chi connectivity index (χ4v) is 3.25. The summed E-state index contributed by atoms with van der Waals surface area (Å²) in [5.41, 5.74) is 1.87. The molecule has 1 N–H and O–H groups in total. The minimum Gasteiger partial charge on any atom is -0.324 e. The van der Waals surface area contributed by atoms with Crippen molar-refractivity contribution in [3.8, 4) is 0 Å². The molecule has 0 saturated heterocycles. The molecule has 0 saturated carbocycles. The van der Waals surface area contributed by atoms with Crippen molar-refractivity contribution in [1.82, 2.24) is 4.90 Å². The van der Waals surface area contributed by atoms with Crippen LogP contribution in [0.3, 0.4) is 0 Å². The first-order valence-corrected chi connectivity index (χ1v) is 8.58. The van der Waals surface area contributed by atoms with Gasteiger partial charge in [-0.15, -0.1) is 0 Å². The molecule has 0 unspecified atom stereocenters. The predicted octanol–water partition coefficient (Wildman–Crippen LogP) is 3.02. The molecule has 0 aromatic heterocycles. The fraction of sp³-hybridized carbons (Fsp3) is 0.300. The lowest BCUT2D eigenvalue weighted by Crippen LogP contribution is -2.44. The lowest BCUT2D eigenvalue weighted by Gasteiger charge is -2.29. The van der Waals surface area contributed by atoms with Crippen molar-refractivity contribution < 1.29 is 14.0 Å². The molecule has 0 fully saturated rings. The number of likely N-dealkylation sites (N-methyl/N-ethyl adjacent to an activating group) is 1. The summed E-state index contributed by atoms with van der Waals surface area (Å²) < 4.78 is 13.8. The predicted molar refractivity (Wildman–Crippen MR) is 99.4 cm³/mol. The summed E-state index contributed by atoms with van der Waals surface area (Å²) in [5.74, 6) is -0.518. The van der Waals surface area contributed by atoms with E-state index in [4.69, 9.17) is 0 Å². The van der Waals surface area contributed by atoms with Gasteiger partial charge < -0.3 is 10.2 Å². The Morgan fingerprint density at radius 1 is 1.23 bits per heavy atom. The number of hydrogen-bond donors (Lipinski definition) is 1. The van der Waals surface area contributed by atoms with Crippen molar-refractivity contribution in [2.75, 3.05) is 23.8 Å². The van der Waals surface area contributed by atoms with Gasteiger partial charge >= 0.3 is 0 Å². The van der Waals surface area contributed by atoms with Gasteiger partial charge in [0.05, 0.1) is 17.9 Å². The molecule has 26 heavy (non-hydrogen) atoms. The number of carbonyl (C=O) groups excluding carboxylic acids is 2. The standard InChI is InChI=1S/C20H22FN3O2/c1-14-11-19(25)22-17-9-5-6-10-18(17)24(14)20(26)13-23(2)12-15-7-3-4-8-16(15)21/h3-10,14H,11-13H2,1-2H3,(H,22,25)/t14-/m0/s1. The number of halogens is 1. The molecular formula is C20H22FN3O2. The average Bonchev–Trinajstić information content (AvgIpc) is 2.71. The Balaban J connectivity index is 1.78. The lowest BCUT2D eigenvalue weighted by atomic mass is 10.1. The van der Waals surface area contributed by atoms with Crippen LogP contribution in [0.4, 0.5) is 15.8 Å². The van der Waals surface area contributed by atoms with Gasteiger partial charge in [-0.25, -0.2) is 4.39 Å². The first kappa shape index (κ1) is 18.1. The van der Waals surface area contributed by atoms with Gasteiger partial charge in [0.2, 0.25) is 11.8 Å². The van der Waals surface area contributed by atoms with E-state index in [2.05, 4.69) is 5.32 Å². The van der Waals surface area contributed by atoms with Gasteiger partial charge in [-0.2, -0.15) is 0 Å². The second-order valence-electron chi connectivity index (χ2n) is 6.65. The van der Waals surface area contributed by atoms with E-state index in [-0.39, 0.29) is 36.6 Å². The highest BCUT2D eigenvalue weighted by Crippen LogP contribution is 2.31. The number of hydrogen-bond acceptors (Lipinski definition) is 3. The molecule has 1 aliphatic rings. The topological polar surface area (TPSA) is 52.7 Å². The number of carbonyl (C=O) groups is 2. The summed E-state index contributed by atoms with van der Waals surface area (Å²) in [6.45, 7) is 2.32. The Kier molecular flexibility index (Phi) is 5.32. The summed E-state index contributed by atoms with van der Waals surface area (Å²) in [4.78, 5) is 28.4. The quantitative estimate of drug-likeness (QED) is 0.917. The zero-order chi connectivity index (χ0) is 18.7. The molecule has 2 aromatic rings. The molecule has 3 rings (SSSR count). The van der Waals surface area contributed by atoms with Gasteiger partial charge in [0, 0.05) is 24.6 Å². The van der Waals surface area contributed by atoms with Crippen LogP contribution in [0.25, 0.3) is 0 Å². The van der Waals surface area contributed by atoms with Crippen molar-refractivity contribution in [1.29, 1.82) is 0 Å². The van der Waals surface area contributed by atoms with Crippen molar-refractivity contribution >= 4 is 23.2 Å². The largest absolute Gasteiger partial charge is 0.324 e. The van der Waals surface area contributed by atoms with E-state index in [0.29, 0.717) is 23.5 Å². The van der Waals surface area contributed by atoms with E-state index in [1.807, 2.05) is 25.1 Å². The minimum atomic E-state index is -0.282. The van der Waals surface area contributed by atoms with Crippen molar-refractivity contribution in [2.45, 2.75) is 25.9 Å². The van der Waals surface area contributed by atoms with Crippen molar-refractivity contribution in [2.24, 2.45) is 0 Å². The molecule has 1 atom stereocenters. The van der Waals surface area contributed by atoms with Crippen LogP contribution < -0.4 is 10.2 Å². The van der Waals surface area contributed by atoms with Gasteiger partial charge in [-0.05, 0) is 32.2 Å². The van der Waals surface area contributed by atoms with Crippen LogP contribution in [-0.4, -0.2) is 36.3 Å². The highest BCUT2D eigenvalue weighted by molar-refractivity contribution is 6.04.